The van der Waals surface area contributed by atoms with Crippen LogP contribution in [0.25, 0.3) is 0 Å². The Labute approximate surface area is 108 Å². The molecule has 100 valence electrons. The Morgan fingerprint density at radius 1 is 1.50 bits per heavy atom. The maximum atomic E-state index is 11.9. The molecule has 1 rings (SSSR count). The Hall–Kier alpha value is -1.70. The number of rotatable bonds is 3. The van der Waals surface area contributed by atoms with E-state index < -0.39 is 12.0 Å². The fourth-order valence-corrected chi connectivity index (χ4v) is 2.01. The van der Waals surface area contributed by atoms with E-state index in [2.05, 4.69) is 25.1 Å². The lowest BCUT2D eigenvalue weighted by Crippen LogP contribution is -2.51. The summed E-state index contributed by atoms with van der Waals surface area (Å²) in [6, 6.07) is -1.34. The van der Waals surface area contributed by atoms with Gasteiger partial charge in [0.15, 0.2) is 0 Å². The predicted octanol–water partition coefficient (Wildman–Crippen LogP) is 1.15. The van der Waals surface area contributed by atoms with Gasteiger partial charge in [-0.05, 0) is 18.3 Å². The Morgan fingerprint density at radius 2 is 2.17 bits per heavy atom. The van der Waals surface area contributed by atoms with E-state index in [9.17, 15) is 9.59 Å². The molecule has 5 nitrogen and oxygen atoms in total. The molecule has 0 aromatic carbocycles. The van der Waals surface area contributed by atoms with Crippen molar-refractivity contribution in [1.29, 1.82) is 0 Å². The summed E-state index contributed by atoms with van der Waals surface area (Å²) in [7, 11) is 0. The molecule has 1 heterocycles. The fraction of sp³-hybridized carbons (Fsp3) is 0.692. The first kappa shape index (κ1) is 14.4. The first-order chi connectivity index (χ1) is 8.45. The summed E-state index contributed by atoms with van der Waals surface area (Å²) >= 11 is 0. The van der Waals surface area contributed by atoms with Gasteiger partial charge in [-0.25, -0.2) is 9.59 Å². The van der Waals surface area contributed by atoms with E-state index in [1.54, 1.807) is 4.90 Å². The molecule has 1 aliphatic rings. The maximum Gasteiger partial charge on any atom is 0.327 e. The van der Waals surface area contributed by atoms with Gasteiger partial charge in [-0.2, -0.15) is 0 Å². The number of carbonyl (C=O) groups excluding carboxylic acids is 1. The van der Waals surface area contributed by atoms with E-state index in [1.165, 1.54) is 0 Å². The van der Waals surface area contributed by atoms with Crippen LogP contribution in [0.1, 0.15) is 26.7 Å². The van der Waals surface area contributed by atoms with Gasteiger partial charge in [0, 0.05) is 19.5 Å². The molecule has 1 aliphatic heterocycles. The van der Waals surface area contributed by atoms with E-state index in [1.807, 2.05) is 0 Å². The molecule has 0 aromatic rings. The molecule has 2 N–H and O–H groups in total. The smallest absolute Gasteiger partial charge is 0.327 e. The lowest BCUT2D eigenvalue weighted by Gasteiger charge is -2.35. The van der Waals surface area contributed by atoms with E-state index in [0.29, 0.717) is 24.9 Å². The highest BCUT2D eigenvalue weighted by molar-refractivity contribution is 5.82. The second-order valence-electron chi connectivity index (χ2n) is 4.94. The minimum atomic E-state index is -1.10. The number of hydrogen-bond acceptors (Lipinski definition) is 2. The van der Waals surface area contributed by atoms with Crippen LogP contribution < -0.4 is 5.32 Å². The first-order valence-electron chi connectivity index (χ1n) is 6.17. The molecular formula is C13H20N2O3. The lowest BCUT2D eigenvalue weighted by atomic mass is 9.89. The van der Waals surface area contributed by atoms with Gasteiger partial charge < -0.3 is 15.3 Å². The summed E-state index contributed by atoms with van der Waals surface area (Å²) in [6.07, 6.45) is 6.03. The predicted molar refractivity (Wildman–Crippen MR) is 67.9 cm³/mol. The van der Waals surface area contributed by atoms with Crippen molar-refractivity contribution >= 4 is 12.0 Å². The van der Waals surface area contributed by atoms with Crippen molar-refractivity contribution in [2.45, 2.75) is 32.7 Å². The second kappa shape index (κ2) is 6.29. The molecule has 5 heteroatoms. The molecule has 3 unspecified atom stereocenters. The van der Waals surface area contributed by atoms with Crippen LogP contribution in [0.4, 0.5) is 4.79 Å². The minimum absolute atomic E-state index is 0.000863. The molecule has 0 radical (unpaired) electrons. The monoisotopic (exact) mass is 252 g/mol. The minimum Gasteiger partial charge on any atom is -0.480 e. The number of aliphatic carboxylic acids is 1. The van der Waals surface area contributed by atoms with Crippen LogP contribution in [0.15, 0.2) is 0 Å². The number of urea groups is 1. The Morgan fingerprint density at radius 3 is 2.67 bits per heavy atom. The summed E-state index contributed by atoms with van der Waals surface area (Å²) < 4.78 is 0. The Balaban J connectivity index is 2.54. The number of nitrogens with zero attached hydrogens (tertiary/aromatic N) is 1. The van der Waals surface area contributed by atoms with Crippen LogP contribution in [0.2, 0.25) is 0 Å². The normalized spacial score (nSPS) is 25.1. The van der Waals surface area contributed by atoms with Crippen molar-refractivity contribution < 1.29 is 14.7 Å². The van der Waals surface area contributed by atoms with Crippen molar-refractivity contribution in [2.75, 3.05) is 13.1 Å². The number of hydrogen-bond donors (Lipinski definition) is 2. The van der Waals surface area contributed by atoms with Crippen LogP contribution in [0.5, 0.6) is 0 Å². The zero-order chi connectivity index (χ0) is 13.7. The molecule has 0 saturated carbocycles. The zero-order valence-corrected chi connectivity index (χ0v) is 10.8. The third-order valence-corrected chi connectivity index (χ3v) is 3.54. The SMILES string of the molecule is C#CCC(NC(=O)N1CCC(C)C(C)C1)C(=O)O. The van der Waals surface area contributed by atoms with Gasteiger partial charge in [0.1, 0.15) is 6.04 Å². The van der Waals surface area contributed by atoms with Gasteiger partial charge >= 0.3 is 12.0 Å². The summed E-state index contributed by atoms with van der Waals surface area (Å²) in [5, 5.41) is 11.4. The van der Waals surface area contributed by atoms with Crippen molar-refractivity contribution in [1.82, 2.24) is 10.2 Å². The molecule has 0 aromatic heterocycles. The molecule has 1 fully saturated rings. The average molecular weight is 252 g/mol. The largest absolute Gasteiger partial charge is 0.480 e. The zero-order valence-electron chi connectivity index (χ0n) is 10.8. The van der Waals surface area contributed by atoms with Crippen LogP contribution in [-0.4, -0.2) is 41.1 Å². The fourth-order valence-electron chi connectivity index (χ4n) is 2.01. The van der Waals surface area contributed by atoms with Gasteiger partial charge in [-0.15, -0.1) is 12.3 Å². The third-order valence-electron chi connectivity index (χ3n) is 3.54. The molecule has 3 atom stereocenters. The number of amides is 2. The van der Waals surface area contributed by atoms with E-state index in [-0.39, 0.29) is 12.5 Å². The highest BCUT2D eigenvalue weighted by Gasteiger charge is 2.28. The first-order valence-corrected chi connectivity index (χ1v) is 6.17. The standard InChI is InChI=1S/C13H20N2O3/c1-4-5-11(12(16)17)14-13(18)15-7-6-9(2)10(3)8-15/h1,9-11H,5-8H2,2-3H3,(H,14,18)(H,16,17). The molecule has 0 bridgehead atoms. The highest BCUT2D eigenvalue weighted by Crippen LogP contribution is 2.22. The number of nitrogens with one attached hydrogen (secondary N) is 1. The molecular weight excluding hydrogens is 232 g/mol. The number of piperidine rings is 1. The number of carboxylic acids is 1. The van der Waals surface area contributed by atoms with Crippen LogP contribution in [0.3, 0.4) is 0 Å². The van der Waals surface area contributed by atoms with Gasteiger partial charge in [-0.1, -0.05) is 13.8 Å². The van der Waals surface area contributed by atoms with Crippen LogP contribution in [0, 0.1) is 24.2 Å². The third kappa shape index (κ3) is 3.66. The van der Waals surface area contributed by atoms with Gasteiger partial charge in [0.05, 0.1) is 0 Å². The van der Waals surface area contributed by atoms with Crippen molar-refractivity contribution in [3.8, 4) is 12.3 Å². The summed E-state index contributed by atoms with van der Waals surface area (Å²) in [4.78, 5) is 24.5. The van der Waals surface area contributed by atoms with Gasteiger partial charge in [-0.3, -0.25) is 0 Å². The number of carboxylic acid groups (broad SMARTS) is 1. The summed E-state index contributed by atoms with van der Waals surface area (Å²) in [5.74, 6) is 2.19. The molecule has 1 saturated heterocycles. The number of carbonyl (C=O) groups is 2. The summed E-state index contributed by atoms with van der Waals surface area (Å²) in [6.45, 7) is 5.59. The molecule has 2 amide bonds. The Kier molecular flexibility index (Phi) is 5.02. The quantitative estimate of drug-likeness (QED) is 0.740. The van der Waals surface area contributed by atoms with E-state index in [4.69, 9.17) is 11.5 Å². The second-order valence-corrected chi connectivity index (χ2v) is 4.94. The number of likely N-dealkylation sites (tertiary alicyclic amines) is 1. The van der Waals surface area contributed by atoms with Crippen molar-refractivity contribution in [3.05, 3.63) is 0 Å². The highest BCUT2D eigenvalue weighted by atomic mass is 16.4. The molecule has 0 aliphatic carbocycles. The van der Waals surface area contributed by atoms with Gasteiger partial charge in [0.2, 0.25) is 0 Å². The maximum absolute atomic E-state index is 11.9. The molecule has 18 heavy (non-hydrogen) atoms. The number of terminal acetylenes is 1. The Bertz CT molecular complexity index is 362. The topological polar surface area (TPSA) is 69.6 Å². The van der Waals surface area contributed by atoms with E-state index in [0.717, 1.165) is 6.42 Å². The van der Waals surface area contributed by atoms with Crippen LogP contribution in [-0.2, 0) is 4.79 Å². The average Bonchev–Trinajstić information content (AvgIpc) is 2.31. The van der Waals surface area contributed by atoms with Gasteiger partial charge in [0.25, 0.3) is 0 Å². The summed E-state index contributed by atoms with van der Waals surface area (Å²) in [5.41, 5.74) is 0. The van der Waals surface area contributed by atoms with Crippen molar-refractivity contribution in [3.63, 3.8) is 0 Å². The van der Waals surface area contributed by atoms with Crippen molar-refractivity contribution in [2.24, 2.45) is 11.8 Å². The van der Waals surface area contributed by atoms with Crippen LogP contribution >= 0.6 is 0 Å². The molecule has 0 spiro atoms. The van der Waals surface area contributed by atoms with E-state index >= 15 is 0 Å². The lowest BCUT2D eigenvalue weighted by molar-refractivity contribution is -0.139.